The molecule has 0 radical (unpaired) electrons. The highest BCUT2D eigenvalue weighted by molar-refractivity contribution is 5.94. The van der Waals surface area contributed by atoms with Crippen molar-refractivity contribution in [3.05, 3.63) is 65.2 Å². The molecule has 2 aliphatic heterocycles. The summed E-state index contributed by atoms with van der Waals surface area (Å²) in [5.74, 6) is -2.21. The molecule has 0 aliphatic carbocycles. The van der Waals surface area contributed by atoms with Gasteiger partial charge in [-0.15, -0.1) is 0 Å². The van der Waals surface area contributed by atoms with Gasteiger partial charge in [0, 0.05) is 61.3 Å². The number of nitrogens with zero attached hydrogens (tertiary/aromatic N) is 3. The molecule has 7 heteroatoms. The number of aliphatic hydroxyl groups is 1. The first kappa shape index (κ1) is 20.2. The molecule has 2 aliphatic rings. The van der Waals surface area contributed by atoms with Crippen LogP contribution < -0.4 is 15.5 Å². The van der Waals surface area contributed by atoms with Gasteiger partial charge < -0.3 is 20.6 Å². The predicted octanol–water partition coefficient (Wildman–Crippen LogP) is 3.55. The summed E-state index contributed by atoms with van der Waals surface area (Å²) in [5, 5.41) is 11.2. The van der Waals surface area contributed by atoms with Gasteiger partial charge in [-0.05, 0) is 24.6 Å². The maximum Gasteiger partial charge on any atom is 0.275 e. The summed E-state index contributed by atoms with van der Waals surface area (Å²) < 4.78 is 29.5. The highest BCUT2D eigenvalue weighted by Crippen LogP contribution is 2.39. The maximum absolute atomic E-state index is 14.8. The summed E-state index contributed by atoms with van der Waals surface area (Å²) in [6, 6.07) is 14.4. The van der Waals surface area contributed by atoms with Crippen molar-refractivity contribution in [1.82, 2.24) is 4.98 Å². The van der Waals surface area contributed by atoms with Crippen molar-refractivity contribution in [2.45, 2.75) is 38.0 Å². The van der Waals surface area contributed by atoms with Gasteiger partial charge >= 0.3 is 0 Å². The molecule has 0 bridgehead atoms. The number of hydrogen-bond donors (Lipinski definition) is 2. The second-order valence-corrected chi connectivity index (χ2v) is 8.69. The lowest BCUT2D eigenvalue weighted by molar-refractivity contribution is -0.00967. The lowest BCUT2D eigenvalue weighted by Crippen LogP contribution is -2.32. The number of hydrogen-bond acceptors (Lipinski definition) is 5. The fourth-order valence-corrected chi connectivity index (χ4v) is 4.65. The fourth-order valence-electron chi connectivity index (χ4n) is 4.65. The van der Waals surface area contributed by atoms with Crippen molar-refractivity contribution in [3.63, 3.8) is 0 Å². The number of fused-ring (bicyclic) bond motifs is 2. The molecule has 1 fully saturated rings. The Morgan fingerprint density at radius 3 is 2.68 bits per heavy atom. The first-order valence-corrected chi connectivity index (χ1v) is 10.6. The van der Waals surface area contributed by atoms with Crippen LogP contribution in [0.3, 0.4) is 0 Å². The number of aliphatic hydroxyl groups excluding tert-OH is 1. The second kappa shape index (κ2) is 7.43. The number of halogens is 2. The zero-order chi connectivity index (χ0) is 21.8. The van der Waals surface area contributed by atoms with Crippen molar-refractivity contribution < 1.29 is 13.9 Å². The summed E-state index contributed by atoms with van der Waals surface area (Å²) in [7, 11) is 0. The molecule has 162 valence electrons. The number of anilines is 2. The molecule has 31 heavy (non-hydrogen) atoms. The van der Waals surface area contributed by atoms with E-state index in [4.69, 9.17) is 10.7 Å². The van der Waals surface area contributed by atoms with E-state index >= 15 is 0 Å². The Balaban J connectivity index is 1.60. The minimum atomic E-state index is -2.87. The fraction of sp³-hybridized carbons (Fsp3) is 0.375. The van der Waals surface area contributed by atoms with E-state index in [1.165, 1.54) is 6.07 Å². The van der Waals surface area contributed by atoms with Crippen molar-refractivity contribution in [2.75, 3.05) is 29.4 Å². The third-order valence-electron chi connectivity index (χ3n) is 6.39. The van der Waals surface area contributed by atoms with Crippen LogP contribution in [0.25, 0.3) is 10.9 Å². The van der Waals surface area contributed by atoms with Crippen LogP contribution in [0, 0.1) is 6.92 Å². The van der Waals surface area contributed by atoms with E-state index in [0.29, 0.717) is 31.0 Å². The van der Waals surface area contributed by atoms with Gasteiger partial charge in [0.1, 0.15) is 5.82 Å². The highest BCUT2D eigenvalue weighted by Gasteiger charge is 2.37. The van der Waals surface area contributed by atoms with Crippen molar-refractivity contribution >= 4 is 22.4 Å². The van der Waals surface area contributed by atoms with E-state index in [1.54, 1.807) is 18.2 Å². The lowest BCUT2D eigenvalue weighted by atomic mass is 10.0. The van der Waals surface area contributed by atoms with Crippen LogP contribution in [0.15, 0.2) is 48.5 Å². The molecule has 0 spiro atoms. The summed E-state index contributed by atoms with van der Waals surface area (Å²) in [5.41, 5.74) is 9.63. The molecule has 5 nitrogen and oxygen atoms in total. The molecule has 1 saturated heterocycles. The molecule has 0 unspecified atom stereocenters. The van der Waals surface area contributed by atoms with E-state index in [0.717, 1.165) is 22.2 Å². The summed E-state index contributed by atoms with van der Waals surface area (Å²) in [4.78, 5) is 8.83. The number of pyridine rings is 1. The number of aromatic nitrogens is 1. The van der Waals surface area contributed by atoms with Gasteiger partial charge in [-0.1, -0.05) is 35.9 Å². The van der Waals surface area contributed by atoms with E-state index < -0.39 is 12.0 Å². The van der Waals surface area contributed by atoms with Crippen LogP contribution in [-0.2, 0) is 12.5 Å². The van der Waals surface area contributed by atoms with Crippen LogP contribution in [0.5, 0.6) is 0 Å². The molecular formula is C24H26F2N4O. The van der Waals surface area contributed by atoms with Crippen molar-refractivity contribution in [2.24, 2.45) is 5.73 Å². The number of benzene rings is 2. The van der Waals surface area contributed by atoms with Crippen molar-refractivity contribution in [1.29, 1.82) is 0 Å². The van der Waals surface area contributed by atoms with E-state index in [1.807, 2.05) is 30.0 Å². The topological polar surface area (TPSA) is 65.6 Å². The second-order valence-electron chi connectivity index (χ2n) is 8.69. The number of alkyl halides is 2. The zero-order valence-electron chi connectivity index (χ0n) is 17.4. The standard InChI is InChI=1S/C24H26F2N4O/c1-15-6-7-20-17(10-15)21(30-13-19(27)22(31)14-30)11-23(28-20)29-9-8-24(25,26)18-5-3-2-4-16(18)12-29/h2-7,10-11,19,22,31H,8-9,12-14,27H2,1H3/t19-,22-/m0/s1. The third-order valence-corrected chi connectivity index (χ3v) is 6.39. The SMILES string of the molecule is Cc1ccc2nc(N3CCC(F)(F)c4ccccc4C3)cc(N3C[C@H](N)[C@@H](O)C3)c2c1. The normalized spacial score (nSPS) is 23.1. The average Bonchev–Trinajstić information content (AvgIpc) is 3.01. The van der Waals surface area contributed by atoms with Gasteiger partial charge in [-0.2, -0.15) is 0 Å². The molecule has 1 aromatic heterocycles. The zero-order valence-corrected chi connectivity index (χ0v) is 17.4. The monoisotopic (exact) mass is 424 g/mol. The molecule has 2 atom stereocenters. The Bertz CT molecular complexity index is 1130. The summed E-state index contributed by atoms with van der Waals surface area (Å²) in [6.07, 6.45) is -0.861. The molecule has 5 rings (SSSR count). The average molecular weight is 424 g/mol. The minimum absolute atomic E-state index is 0.0998. The summed E-state index contributed by atoms with van der Waals surface area (Å²) in [6.45, 7) is 3.57. The van der Waals surface area contributed by atoms with Gasteiger partial charge in [0.2, 0.25) is 0 Å². The Kier molecular flexibility index (Phi) is 4.83. The molecule has 3 aromatic rings. The smallest absolute Gasteiger partial charge is 0.275 e. The van der Waals surface area contributed by atoms with Gasteiger partial charge in [-0.25, -0.2) is 13.8 Å². The quantitative estimate of drug-likeness (QED) is 0.659. The van der Waals surface area contributed by atoms with E-state index in [2.05, 4.69) is 11.0 Å². The van der Waals surface area contributed by atoms with E-state index in [-0.39, 0.29) is 24.6 Å². The number of β-amino-alcohol motifs (C(OH)–C–C–N with tert-alkyl or cyclic N) is 1. The maximum atomic E-state index is 14.8. The number of aryl methyl sites for hydroxylation is 1. The van der Waals surface area contributed by atoms with Crippen LogP contribution in [0.2, 0.25) is 0 Å². The lowest BCUT2D eigenvalue weighted by Gasteiger charge is -2.26. The molecule has 3 N–H and O–H groups in total. The van der Waals surface area contributed by atoms with Crippen LogP contribution in [0.4, 0.5) is 20.3 Å². The van der Waals surface area contributed by atoms with Crippen molar-refractivity contribution in [3.8, 4) is 0 Å². The van der Waals surface area contributed by atoms with Crippen LogP contribution >= 0.6 is 0 Å². The Morgan fingerprint density at radius 2 is 1.90 bits per heavy atom. The largest absolute Gasteiger partial charge is 0.390 e. The third kappa shape index (κ3) is 3.62. The Labute approximate surface area is 180 Å². The van der Waals surface area contributed by atoms with Gasteiger partial charge in [0.05, 0.1) is 11.6 Å². The molecule has 0 saturated carbocycles. The van der Waals surface area contributed by atoms with Crippen LogP contribution in [-0.4, -0.2) is 41.9 Å². The molecule has 2 aromatic carbocycles. The first-order chi connectivity index (χ1) is 14.8. The molecule has 3 heterocycles. The summed E-state index contributed by atoms with van der Waals surface area (Å²) >= 11 is 0. The predicted molar refractivity (Wildman–Crippen MR) is 119 cm³/mol. The molecular weight excluding hydrogens is 398 g/mol. The number of nitrogens with two attached hydrogens (primary N) is 1. The minimum Gasteiger partial charge on any atom is -0.390 e. The van der Waals surface area contributed by atoms with Gasteiger partial charge in [0.15, 0.2) is 0 Å². The Morgan fingerprint density at radius 1 is 1.10 bits per heavy atom. The van der Waals surface area contributed by atoms with Gasteiger partial charge in [0.25, 0.3) is 5.92 Å². The highest BCUT2D eigenvalue weighted by atomic mass is 19.3. The Hall–Kier alpha value is -2.77. The van der Waals surface area contributed by atoms with E-state index in [9.17, 15) is 13.9 Å². The van der Waals surface area contributed by atoms with Crippen LogP contribution in [0.1, 0.15) is 23.1 Å². The number of rotatable bonds is 2. The van der Waals surface area contributed by atoms with Gasteiger partial charge in [-0.3, -0.25) is 0 Å². The molecule has 0 amide bonds. The first-order valence-electron chi connectivity index (χ1n) is 10.6.